The molecule has 0 spiro atoms. The fraction of sp³-hybridized carbons (Fsp3) is 0.294. The Bertz CT molecular complexity index is 739. The summed E-state index contributed by atoms with van der Waals surface area (Å²) in [7, 11) is 0. The third kappa shape index (κ3) is 4.65. The van der Waals surface area contributed by atoms with E-state index in [1.807, 2.05) is 22.6 Å². The number of anilines is 1. The molecule has 2 N–H and O–H groups in total. The van der Waals surface area contributed by atoms with Crippen molar-refractivity contribution < 1.29 is 18.8 Å². The molecule has 0 radical (unpaired) electrons. The summed E-state index contributed by atoms with van der Waals surface area (Å²) in [6, 6.07) is 7.94. The largest absolute Gasteiger partial charge is 0.331 e. The van der Waals surface area contributed by atoms with E-state index < -0.39 is 17.6 Å². The molecular formula is C17H17FIN3O3. The number of ether oxygens (including phenoxy) is 1. The molecule has 3 rings (SSSR count). The third-order valence-electron chi connectivity index (χ3n) is 3.74. The predicted molar refractivity (Wildman–Crippen MR) is 98.1 cm³/mol. The second-order valence-corrected chi connectivity index (χ2v) is 6.82. The average Bonchev–Trinajstić information content (AvgIpc) is 2.64. The first-order valence-corrected chi connectivity index (χ1v) is 8.91. The number of benzene rings is 1. The lowest BCUT2D eigenvalue weighted by Gasteiger charge is -2.37. The molecule has 0 bridgehead atoms. The first-order chi connectivity index (χ1) is 12.1. The van der Waals surface area contributed by atoms with Crippen LogP contribution >= 0.6 is 22.6 Å². The van der Waals surface area contributed by atoms with E-state index in [1.54, 1.807) is 24.3 Å². The van der Waals surface area contributed by atoms with Crippen molar-refractivity contribution in [3.8, 4) is 0 Å². The van der Waals surface area contributed by atoms with Crippen LogP contribution in [0.1, 0.15) is 29.6 Å². The molecule has 2 aromatic rings. The van der Waals surface area contributed by atoms with Crippen molar-refractivity contribution >= 4 is 34.2 Å². The van der Waals surface area contributed by atoms with Crippen LogP contribution in [0.4, 0.5) is 10.1 Å². The van der Waals surface area contributed by atoms with E-state index in [0.717, 1.165) is 16.4 Å². The van der Waals surface area contributed by atoms with E-state index in [2.05, 4.69) is 15.8 Å². The molecule has 1 aliphatic rings. The lowest BCUT2D eigenvalue weighted by Crippen LogP contribution is -2.51. The van der Waals surface area contributed by atoms with Crippen LogP contribution in [0.25, 0.3) is 0 Å². The third-order valence-corrected chi connectivity index (χ3v) is 4.41. The molecule has 25 heavy (non-hydrogen) atoms. The van der Waals surface area contributed by atoms with E-state index in [-0.39, 0.29) is 5.69 Å². The Morgan fingerprint density at radius 3 is 2.76 bits per heavy atom. The van der Waals surface area contributed by atoms with Gasteiger partial charge in [-0.15, -0.1) is 0 Å². The zero-order chi connectivity index (χ0) is 17.7. The normalized spacial score (nSPS) is 20.1. The molecule has 1 fully saturated rings. The SMILES string of the molecule is O=C(NOC1(Nc2ccc(I)cc2F)CCCCO1)c1ccncc1. The topological polar surface area (TPSA) is 72.5 Å². The van der Waals surface area contributed by atoms with Crippen LogP contribution in [-0.2, 0) is 9.57 Å². The molecule has 1 aromatic carbocycles. The van der Waals surface area contributed by atoms with Gasteiger partial charge in [-0.1, -0.05) is 0 Å². The first kappa shape index (κ1) is 18.0. The number of halogens is 2. The number of carbonyl (C=O) groups is 1. The maximum absolute atomic E-state index is 14.2. The number of hydrogen-bond donors (Lipinski definition) is 2. The van der Waals surface area contributed by atoms with Gasteiger partial charge in [-0.25, -0.2) is 14.7 Å². The summed E-state index contributed by atoms with van der Waals surface area (Å²) < 4.78 is 20.7. The Morgan fingerprint density at radius 2 is 2.08 bits per heavy atom. The number of amides is 1. The van der Waals surface area contributed by atoms with Gasteiger partial charge in [-0.2, -0.15) is 0 Å². The van der Waals surface area contributed by atoms with Crippen molar-refractivity contribution in [2.75, 3.05) is 11.9 Å². The van der Waals surface area contributed by atoms with Crippen LogP contribution in [0.3, 0.4) is 0 Å². The number of rotatable bonds is 5. The lowest BCUT2D eigenvalue weighted by molar-refractivity contribution is -0.258. The highest BCUT2D eigenvalue weighted by atomic mass is 127. The highest BCUT2D eigenvalue weighted by molar-refractivity contribution is 14.1. The highest BCUT2D eigenvalue weighted by Crippen LogP contribution is 2.29. The summed E-state index contributed by atoms with van der Waals surface area (Å²) in [5, 5.41) is 2.95. The standard InChI is InChI=1S/C17H17FIN3O3/c18-14-11-13(19)3-4-15(14)21-17(7-1-2-10-24-17)25-22-16(23)12-5-8-20-9-6-12/h3-6,8-9,11,21H,1-2,7,10H2,(H,22,23). The highest BCUT2D eigenvalue weighted by Gasteiger charge is 2.37. The number of hydrogen-bond acceptors (Lipinski definition) is 5. The number of aromatic nitrogens is 1. The van der Waals surface area contributed by atoms with E-state index in [0.29, 0.717) is 18.6 Å². The van der Waals surface area contributed by atoms with Crippen molar-refractivity contribution in [2.24, 2.45) is 0 Å². The maximum atomic E-state index is 14.2. The number of hydroxylamine groups is 1. The first-order valence-electron chi connectivity index (χ1n) is 7.84. The van der Waals surface area contributed by atoms with E-state index in [1.165, 1.54) is 18.5 Å². The second kappa shape index (κ2) is 8.07. The molecule has 1 unspecified atom stereocenters. The Hall–Kier alpha value is -1.78. The fourth-order valence-electron chi connectivity index (χ4n) is 2.46. The van der Waals surface area contributed by atoms with Gasteiger partial charge in [0.1, 0.15) is 5.82 Å². The Labute approximate surface area is 158 Å². The average molecular weight is 457 g/mol. The number of carbonyl (C=O) groups excluding carboxylic acids is 1. The van der Waals surface area contributed by atoms with Gasteiger partial charge in [-0.05, 0) is 65.8 Å². The van der Waals surface area contributed by atoms with Gasteiger partial charge in [0.05, 0.1) is 12.3 Å². The van der Waals surface area contributed by atoms with E-state index in [9.17, 15) is 9.18 Å². The molecule has 0 saturated carbocycles. The van der Waals surface area contributed by atoms with Gasteiger partial charge in [-0.3, -0.25) is 9.78 Å². The minimum atomic E-state index is -1.31. The van der Waals surface area contributed by atoms with Crippen LogP contribution < -0.4 is 10.8 Å². The maximum Gasteiger partial charge on any atom is 0.275 e. The van der Waals surface area contributed by atoms with Crippen LogP contribution in [0, 0.1) is 9.39 Å². The van der Waals surface area contributed by atoms with Gasteiger partial charge in [0.2, 0.25) is 0 Å². The van der Waals surface area contributed by atoms with Crippen molar-refractivity contribution in [3.05, 3.63) is 57.7 Å². The van der Waals surface area contributed by atoms with Crippen LogP contribution in [0.15, 0.2) is 42.7 Å². The minimum absolute atomic E-state index is 0.250. The quantitative estimate of drug-likeness (QED) is 0.409. The second-order valence-electron chi connectivity index (χ2n) is 5.58. The van der Waals surface area contributed by atoms with Crippen LogP contribution in [0.5, 0.6) is 0 Å². The number of nitrogens with zero attached hydrogens (tertiary/aromatic N) is 1. The summed E-state index contributed by atoms with van der Waals surface area (Å²) >= 11 is 2.04. The summed E-state index contributed by atoms with van der Waals surface area (Å²) in [5.74, 6) is -2.15. The fourth-order valence-corrected chi connectivity index (χ4v) is 2.91. The zero-order valence-corrected chi connectivity index (χ0v) is 15.5. The Kier molecular flexibility index (Phi) is 5.82. The minimum Gasteiger partial charge on any atom is -0.331 e. The van der Waals surface area contributed by atoms with Crippen molar-refractivity contribution in [2.45, 2.75) is 25.2 Å². The molecular weight excluding hydrogens is 440 g/mol. The summed E-state index contributed by atoms with van der Waals surface area (Å²) in [6.45, 7) is 0.449. The molecule has 0 aliphatic carbocycles. The zero-order valence-electron chi connectivity index (χ0n) is 13.3. The summed E-state index contributed by atoms with van der Waals surface area (Å²) in [5.41, 5.74) is 3.04. The molecule has 8 heteroatoms. The van der Waals surface area contributed by atoms with Gasteiger partial charge >= 0.3 is 0 Å². The molecule has 2 heterocycles. The summed E-state index contributed by atoms with van der Waals surface area (Å²) in [6.07, 6.45) is 5.20. The van der Waals surface area contributed by atoms with Gasteiger partial charge in [0, 0.05) is 27.9 Å². The predicted octanol–water partition coefficient (Wildman–Crippen LogP) is 3.45. The van der Waals surface area contributed by atoms with Gasteiger partial charge in [0.15, 0.2) is 0 Å². The smallest absolute Gasteiger partial charge is 0.275 e. The molecule has 1 atom stereocenters. The van der Waals surface area contributed by atoms with Crippen molar-refractivity contribution in [1.29, 1.82) is 0 Å². The monoisotopic (exact) mass is 457 g/mol. The van der Waals surface area contributed by atoms with Crippen molar-refractivity contribution in [1.82, 2.24) is 10.5 Å². The Balaban J connectivity index is 1.73. The van der Waals surface area contributed by atoms with Crippen LogP contribution in [-0.4, -0.2) is 23.4 Å². The number of pyridine rings is 1. The van der Waals surface area contributed by atoms with Gasteiger partial charge < -0.3 is 10.1 Å². The van der Waals surface area contributed by atoms with Crippen LogP contribution in [0.2, 0.25) is 0 Å². The van der Waals surface area contributed by atoms with E-state index >= 15 is 0 Å². The molecule has 1 aliphatic heterocycles. The molecule has 132 valence electrons. The van der Waals surface area contributed by atoms with Gasteiger partial charge in [0.25, 0.3) is 11.8 Å². The van der Waals surface area contributed by atoms with E-state index in [4.69, 9.17) is 9.57 Å². The summed E-state index contributed by atoms with van der Waals surface area (Å²) in [4.78, 5) is 21.6. The molecule has 1 aromatic heterocycles. The number of nitrogens with one attached hydrogen (secondary N) is 2. The molecule has 6 nitrogen and oxygen atoms in total. The Morgan fingerprint density at radius 1 is 1.28 bits per heavy atom. The molecule has 1 saturated heterocycles. The molecule has 1 amide bonds. The lowest BCUT2D eigenvalue weighted by atomic mass is 10.1. The van der Waals surface area contributed by atoms with Crippen molar-refractivity contribution in [3.63, 3.8) is 0 Å².